The fourth-order valence-electron chi connectivity index (χ4n) is 4.31. The number of likely N-dealkylation sites (tertiary alicyclic amines) is 1. The van der Waals surface area contributed by atoms with Gasteiger partial charge in [-0.3, -0.25) is 14.3 Å². The summed E-state index contributed by atoms with van der Waals surface area (Å²) in [6, 6.07) is 1.59. The Hall–Kier alpha value is -3.72. The Bertz CT molecular complexity index is 1230. The van der Waals surface area contributed by atoms with E-state index in [2.05, 4.69) is 27.9 Å². The van der Waals surface area contributed by atoms with Crippen molar-refractivity contribution in [3.8, 4) is 6.07 Å². The van der Waals surface area contributed by atoms with Gasteiger partial charge in [0.25, 0.3) is 0 Å². The molecule has 2 aliphatic rings. The lowest BCUT2D eigenvalue weighted by molar-refractivity contribution is -0.183. The quantitative estimate of drug-likeness (QED) is 0.604. The predicted molar refractivity (Wildman–Crippen MR) is 120 cm³/mol. The second-order valence-electron chi connectivity index (χ2n) is 8.35. The van der Waals surface area contributed by atoms with Crippen LogP contribution in [0.2, 0.25) is 0 Å². The maximum Gasteiger partial charge on any atom is 0.401 e. The summed E-state index contributed by atoms with van der Waals surface area (Å²) >= 11 is 0. The number of rotatable bonds is 6. The number of aryl methyl sites for hydroxylation is 1. The molecule has 0 aliphatic carbocycles. The van der Waals surface area contributed by atoms with Crippen molar-refractivity contribution in [2.45, 2.75) is 38.0 Å². The van der Waals surface area contributed by atoms with Gasteiger partial charge in [0, 0.05) is 49.4 Å². The van der Waals surface area contributed by atoms with Crippen LogP contribution in [0.3, 0.4) is 0 Å². The lowest BCUT2D eigenvalue weighted by atomic mass is 9.78. The van der Waals surface area contributed by atoms with E-state index in [9.17, 15) is 18.4 Å². The predicted octanol–water partition coefficient (Wildman–Crippen LogP) is 3.11. The first-order chi connectivity index (χ1) is 16.1. The van der Waals surface area contributed by atoms with Gasteiger partial charge in [0.05, 0.1) is 54.7 Å². The smallest absolute Gasteiger partial charge is 0.287 e. The van der Waals surface area contributed by atoms with Gasteiger partial charge in [-0.1, -0.05) is 6.58 Å². The Morgan fingerprint density at radius 3 is 2.62 bits per heavy atom. The second-order valence-corrected chi connectivity index (χ2v) is 8.35. The van der Waals surface area contributed by atoms with Crippen LogP contribution in [0.1, 0.15) is 31.4 Å². The van der Waals surface area contributed by atoms with Crippen LogP contribution < -0.4 is 0 Å². The van der Waals surface area contributed by atoms with Gasteiger partial charge in [0.1, 0.15) is 5.54 Å². The Labute approximate surface area is 194 Å². The summed E-state index contributed by atoms with van der Waals surface area (Å²) < 4.78 is 42.0. The van der Waals surface area contributed by atoms with Crippen molar-refractivity contribution in [1.29, 1.82) is 5.26 Å². The number of allylic oxidation sites excluding steroid dienone is 1. The topological polar surface area (TPSA) is 90.6 Å². The van der Waals surface area contributed by atoms with Crippen molar-refractivity contribution < 1.29 is 13.2 Å². The lowest BCUT2D eigenvalue weighted by Crippen LogP contribution is -2.70. The van der Waals surface area contributed by atoms with Crippen molar-refractivity contribution >= 4 is 17.6 Å². The molecule has 0 unspecified atom stereocenters. The van der Waals surface area contributed by atoms with Crippen LogP contribution in [-0.2, 0) is 12.6 Å². The van der Waals surface area contributed by atoms with Crippen LogP contribution in [-0.4, -0.2) is 66.7 Å². The van der Waals surface area contributed by atoms with E-state index in [1.54, 1.807) is 66.3 Å². The Balaban J connectivity index is 1.68. The molecule has 0 spiro atoms. The van der Waals surface area contributed by atoms with Gasteiger partial charge in [-0.05, 0) is 13.8 Å². The highest BCUT2D eigenvalue weighted by molar-refractivity contribution is 6.14. The van der Waals surface area contributed by atoms with Crippen LogP contribution in [0.25, 0.3) is 5.70 Å². The first kappa shape index (κ1) is 23.4. The van der Waals surface area contributed by atoms with E-state index in [0.29, 0.717) is 22.7 Å². The van der Waals surface area contributed by atoms with Crippen molar-refractivity contribution in [1.82, 2.24) is 29.5 Å². The average molecular weight is 471 g/mol. The van der Waals surface area contributed by atoms with Crippen molar-refractivity contribution in [3.63, 3.8) is 0 Å². The summed E-state index contributed by atoms with van der Waals surface area (Å²) in [5.41, 5.74) is 2.19. The molecule has 4 rings (SSSR count). The van der Waals surface area contributed by atoms with E-state index >= 15 is 0 Å². The lowest BCUT2D eigenvalue weighted by Gasteiger charge is -2.55. The highest BCUT2D eigenvalue weighted by Crippen LogP contribution is 2.40. The van der Waals surface area contributed by atoms with Gasteiger partial charge >= 0.3 is 6.18 Å². The zero-order chi connectivity index (χ0) is 24.7. The Morgan fingerprint density at radius 2 is 2.03 bits per heavy atom. The number of nitrogens with zero attached hydrogens (tertiary/aromatic N) is 9. The molecule has 0 N–H and O–H groups in total. The van der Waals surface area contributed by atoms with E-state index in [1.165, 1.54) is 4.90 Å². The van der Waals surface area contributed by atoms with Crippen LogP contribution in [0.5, 0.6) is 0 Å². The molecule has 9 nitrogen and oxygen atoms in total. The van der Waals surface area contributed by atoms with Crippen LogP contribution in [0.4, 0.5) is 13.2 Å². The SMILES string of the molecule is C=C1C(c2cnn([C@@]3(CC#N)CN(CC(F)(F)F)[C@@H]3C)c2)=NC(c2cnn(C)c2)=CN1/N=C\C. The monoisotopic (exact) mass is 471 g/mol. The molecule has 2 atom stereocenters. The minimum Gasteiger partial charge on any atom is -0.287 e. The van der Waals surface area contributed by atoms with Gasteiger partial charge in [-0.2, -0.15) is 33.7 Å². The average Bonchev–Trinajstić information content (AvgIpc) is 3.43. The summed E-state index contributed by atoms with van der Waals surface area (Å²) in [6.07, 6.45) is 5.90. The third-order valence-corrected chi connectivity index (χ3v) is 6.15. The molecule has 2 aromatic heterocycles. The number of nitriles is 1. The van der Waals surface area contributed by atoms with Gasteiger partial charge in [-0.25, -0.2) is 10.0 Å². The highest BCUT2D eigenvalue weighted by Gasteiger charge is 2.54. The van der Waals surface area contributed by atoms with Gasteiger partial charge in [-0.15, -0.1) is 0 Å². The van der Waals surface area contributed by atoms with Crippen molar-refractivity contribution in [2.75, 3.05) is 13.1 Å². The molecule has 2 aromatic rings. The third-order valence-electron chi connectivity index (χ3n) is 6.15. The summed E-state index contributed by atoms with van der Waals surface area (Å²) in [4.78, 5) is 6.05. The number of hydrogen-bond acceptors (Lipinski definition) is 7. The molecule has 0 amide bonds. The molecule has 4 heterocycles. The first-order valence-corrected chi connectivity index (χ1v) is 10.6. The van der Waals surface area contributed by atoms with Gasteiger partial charge in [0.15, 0.2) is 0 Å². The number of aliphatic imine (C=N–C) groups is 1. The van der Waals surface area contributed by atoms with Crippen LogP contribution in [0, 0.1) is 11.3 Å². The maximum absolute atomic E-state index is 12.9. The van der Waals surface area contributed by atoms with Crippen LogP contribution >= 0.6 is 0 Å². The summed E-state index contributed by atoms with van der Waals surface area (Å²) in [7, 11) is 1.80. The fraction of sp³-hybridized carbons (Fsp3) is 0.409. The number of alkyl halides is 3. The second kappa shape index (κ2) is 8.57. The van der Waals surface area contributed by atoms with E-state index < -0.39 is 24.3 Å². The van der Waals surface area contributed by atoms with Crippen molar-refractivity contribution in [3.05, 3.63) is 54.4 Å². The van der Waals surface area contributed by atoms with Crippen LogP contribution in [0.15, 0.2) is 53.4 Å². The fourth-order valence-corrected chi connectivity index (χ4v) is 4.31. The summed E-state index contributed by atoms with van der Waals surface area (Å²) in [6.45, 7) is 6.62. The van der Waals surface area contributed by atoms with E-state index in [-0.39, 0.29) is 13.0 Å². The summed E-state index contributed by atoms with van der Waals surface area (Å²) in [5.74, 6) is 0. The normalized spacial score (nSPS) is 23.6. The van der Waals surface area contributed by atoms with Crippen molar-refractivity contribution in [2.24, 2.45) is 17.1 Å². The molecule has 0 saturated carbocycles. The highest BCUT2D eigenvalue weighted by atomic mass is 19.4. The molecule has 0 bridgehead atoms. The molecule has 0 aromatic carbocycles. The minimum atomic E-state index is -4.31. The molecule has 34 heavy (non-hydrogen) atoms. The number of hydrogen-bond donors (Lipinski definition) is 0. The van der Waals surface area contributed by atoms with Gasteiger partial charge in [0.2, 0.25) is 0 Å². The number of hydrazone groups is 1. The standard InChI is InChI=1S/C22H24F3N9/c1-5-27-33-12-19(17-8-28-31(4)10-17)30-20(15(33)2)18-9-29-34(11-18)21(6-7-26)13-32(16(21)3)14-22(23,24)25/h5,8-12,16H,2,6,13-14H2,1,3-4H3/b27-5-/t16-,21+/m1/s1. The minimum absolute atomic E-state index is 0.0319. The number of halogens is 3. The molecule has 1 fully saturated rings. The van der Waals surface area contributed by atoms with Gasteiger partial charge < -0.3 is 0 Å². The molecular weight excluding hydrogens is 447 g/mol. The molecule has 2 aliphatic heterocycles. The number of aromatic nitrogens is 4. The van der Waals surface area contributed by atoms with E-state index in [0.717, 1.165) is 5.56 Å². The zero-order valence-electron chi connectivity index (χ0n) is 19.0. The molecule has 12 heteroatoms. The van der Waals surface area contributed by atoms with E-state index in [4.69, 9.17) is 4.99 Å². The molecular formula is C22H24F3N9. The largest absolute Gasteiger partial charge is 0.401 e. The maximum atomic E-state index is 12.9. The summed E-state index contributed by atoms with van der Waals surface area (Å²) in [5, 5.41) is 24.0. The Morgan fingerprint density at radius 1 is 1.29 bits per heavy atom. The zero-order valence-corrected chi connectivity index (χ0v) is 19.0. The molecule has 0 radical (unpaired) electrons. The Kier molecular flexibility index (Phi) is 5.91. The van der Waals surface area contributed by atoms with E-state index in [1.807, 2.05) is 6.20 Å². The molecule has 178 valence electrons. The first-order valence-electron chi connectivity index (χ1n) is 10.6. The molecule has 1 saturated heterocycles. The third kappa shape index (κ3) is 4.14.